The van der Waals surface area contributed by atoms with Gasteiger partial charge >= 0.3 is 0 Å². The zero-order valence-corrected chi connectivity index (χ0v) is 11.2. The van der Waals surface area contributed by atoms with E-state index >= 15 is 0 Å². The zero-order chi connectivity index (χ0) is 13.1. The van der Waals surface area contributed by atoms with E-state index in [-0.39, 0.29) is 0 Å². The Kier molecular flexibility index (Phi) is 3.67. The highest BCUT2D eigenvalue weighted by Crippen LogP contribution is 2.28. The molecule has 0 bridgehead atoms. The molecule has 0 unspecified atom stereocenters. The van der Waals surface area contributed by atoms with Gasteiger partial charge in [-0.3, -0.25) is 4.98 Å². The standard InChI is InChI=1S/C14H20N4/c1-10-4-5-13-11(8-10)14(12(15)9-17-13)16-6-7-18(2)3/h4-5,8-9H,6-7,15H2,1-3H3,(H,16,17). The molecule has 0 aliphatic carbocycles. The van der Waals surface area contributed by atoms with Gasteiger partial charge in [-0.1, -0.05) is 11.6 Å². The molecule has 1 aromatic carbocycles. The lowest BCUT2D eigenvalue weighted by atomic mass is 10.1. The average molecular weight is 244 g/mol. The fourth-order valence-electron chi connectivity index (χ4n) is 1.92. The Bertz CT molecular complexity index is 543. The fourth-order valence-corrected chi connectivity index (χ4v) is 1.92. The van der Waals surface area contributed by atoms with Crippen molar-refractivity contribution in [3.05, 3.63) is 30.0 Å². The molecule has 1 heterocycles. The minimum atomic E-state index is 0.701. The number of benzene rings is 1. The van der Waals surface area contributed by atoms with Crippen LogP contribution < -0.4 is 11.1 Å². The highest BCUT2D eigenvalue weighted by atomic mass is 15.1. The fraction of sp³-hybridized carbons (Fsp3) is 0.357. The third-order valence-corrected chi connectivity index (χ3v) is 2.91. The van der Waals surface area contributed by atoms with Crippen molar-refractivity contribution in [3.63, 3.8) is 0 Å². The van der Waals surface area contributed by atoms with Crippen LogP contribution in [0.1, 0.15) is 5.56 Å². The molecule has 4 nitrogen and oxygen atoms in total. The molecule has 2 aromatic rings. The smallest absolute Gasteiger partial charge is 0.0743 e. The minimum absolute atomic E-state index is 0.701. The normalized spacial score (nSPS) is 11.1. The number of fused-ring (bicyclic) bond motifs is 1. The number of hydrogen-bond donors (Lipinski definition) is 2. The summed E-state index contributed by atoms with van der Waals surface area (Å²) < 4.78 is 0. The number of nitrogens with one attached hydrogen (secondary N) is 1. The van der Waals surface area contributed by atoms with E-state index in [2.05, 4.69) is 48.4 Å². The van der Waals surface area contributed by atoms with Gasteiger partial charge in [-0.15, -0.1) is 0 Å². The van der Waals surface area contributed by atoms with Crippen molar-refractivity contribution in [1.29, 1.82) is 0 Å². The summed E-state index contributed by atoms with van der Waals surface area (Å²) in [7, 11) is 4.11. The monoisotopic (exact) mass is 244 g/mol. The molecule has 96 valence electrons. The third kappa shape index (κ3) is 2.71. The Morgan fingerprint density at radius 3 is 2.83 bits per heavy atom. The summed E-state index contributed by atoms with van der Waals surface area (Å²) in [5.41, 5.74) is 9.89. The van der Waals surface area contributed by atoms with Crippen molar-refractivity contribution < 1.29 is 0 Å². The highest BCUT2D eigenvalue weighted by Gasteiger charge is 2.06. The SMILES string of the molecule is Cc1ccc2ncc(N)c(NCCN(C)C)c2c1. The predicted molar refractivity (Wildman–Crippen MR) is 77.9 cm³/mol. The number of hydrogen-bond acceptors (Lipinski definition) is 4. The Balaban J connectivity index is 2.34. The van der Waals surface area contributed by atoms with E-state index in [0.29, 0.717) is 5.69 Å². The van der Waals surface area contributed by atoms with E-state index in [1.807, 2.05) is 6.07 Å². The van der Waals surface area contributed by atoms with Crippen LogP contribution in [0, 0.1) is 6.92 Å². The van der Waals surface area contributed by atoms with Gasteiger partial charge in [0.05, 0.1) is 23.1 Å². The maximum absolute atomic E-state index is 6.01. The summed E-state index contributed by atoms with van der Waals surface area (Å²) in [6, 6.07) is 6.22. The van der Waals surface area contributed by atoms with Crippen LogP contribution in [0.15, 0.2) is 24.4 Å². The van der Waals surface area contributed by atoms with Crippen molar-refractivity contribution in [2.75, 3.05) is 38.2 Å². The molecular weight excluding hydrogens is 224 g/mol. The maximum Gasteiger partial charge on any atom is 0.0743 e. The first-order valence-electron chi connectivity index (χ1n) is 6.11. The topological polar surface area (TPSA) is 54.2 Å². The molecule has 0 saturated heterocycles. The number of nitrogen functional groups attached to an aromatic ring is 1. The van der Waals surface area contributed by atoms with Gasteiger partial charge in [-0.05, 0) is 33.2 Å². The Morgan fingerprint density at radius 2 is 2.11 bits per heavy atom. The molecule has 4 heteroatoms. The predicted octanol–water partition coefficient (Wildman–Crippen LogP) is 2.10. The second-order valence-corrected chi connectivity index (χ2v) is 4.84. The van der Waals surface area contributed by atoms with Crippen molar-refractivity contribution in [2.45, 2.75) is 6.92 Å². The van der Waals surface area contributed by atoms with Gasteiger partial charge in [0.25, 0.3) is 0 Å². The molecule has 0 amide bonds. The molecule has 0 radical (unpaired) electrons. The number of likely N-dealkylation sites (N-methyl/N-ethyl adjacent to an activating group) is 1. The molecule has 1 aromatic heterocycles. The zero-order valence-electron chi connectivity index (χ0n) is 11.2. The molecule has 18 heavy (non-hydrogen) atoms. The third-order valence-electron chi connectivity index (χ3n) is 2.91. The number of rotatable bonds is 4. The first kappa shape index (κ1) is 12.6. The van der Waals surface area contributed by atoms with Crippen LogP contribution in [-0.4, -0.2) is 37.1 Å². The van der Waals surface area contributed by atoms with E-state index in [9.17, 15) is 0 Å². The molecule has 2 rings (SSSR count). The van der Waals surface area contributed by atoms with E-state index < -0.39 is 0 Å². The number of nitrogens with zero attached hydrogens (tertiary/aromatic N) is 2. The van der Waals surface area contributed by atoms with Crippen molar-refractivity contribution >= 4 is 22.3 Å². The van der Waals surface area contributed by atoms with E-state index in [1.165, 1.54) is 5.56 Å². The Hall–Kier alpha value is -1.81. The van der Waals surface area contributed by atoms with Crippen LogP contribution in [-0.2, 0) is 0 Å². The molecule has 0 saturated carbocycles. The van der Waals surface area contributed by atoms with Gasteiger partial charge in [0, 0.05) is 18.5 Å². The van der Waals surface area contributed by atoms with Crippen molar-refractivity contribution in [3.8, 4) is 0 Å². The van der Waals surface area contributed by atoms with E-state index in [1.54, 1.807) is 6.20 Å². The van der Waals surface area contributed by atoms with Crippen molar-refractivity contribution in [1.82, 2.24) is 9.88 Å². The van der Waals surface area contributed by atoms with Gasteiger partial charge in [0.15, 0.2) is 0 Å². The largest absolute Gasteiger partial charge is 0.396 e. The lowest BCUT2D eigenvalue weighted by molar-refractivity contribution is 0.425. The van der Waals surface area contributed by atoms with Crippen LogP contribution >= 0.6 is 0 Å². The summed E-state index contributed by atoms with van der Waals surface area (Å²) in [5, 5.41) is 4.50. The highest BCUT2D eigenvalue weighted by molar-refractivity contribution is 5.97. The van der Waals surface area contributed by atoms with Crippen LogP contribution in [0.5, 0.6) is 0 Å². The van der Waals surface area contributed by atoms with Crippen LogP contribution in [0.25, 0.3) is 10.9 Å². The van der Waals surface area contributed by atoms with Gasteiger partial charge in [-0.25, -0.2) is 0 Å². The van der Waals surface area contributed by atoms with Gasteiger partial charge in [0.1, 0.15) is 0 Å². The summed E-state index contributed by atoms with van der Waals surface area (Å²) >= 11 is 0. The minimum Gasteiger partial charge on any atom is -0.396 e. The number of nitrogens with two attached hydrogens (primary N) is 1. The van der Waals surface area contributed by atoms with Crippen LogP contribution in [0.3, 0.4) is 0 Å². The summed E-state index contributed by atoms with van der Waals surface area (Å²) in [6.07, 6.45) is 1.72. The number of aryl methyl sites for hydroxylation is 1. The van der Waals surface area contributed by atoms with Gasteiger partial charge in [-0.2, -0.15) is 0 Å². The molecule has 0 atom stereocenters. The van der Waals surface area contributed by atoms with E-state index in [4.69, 9.17) is 5.73 Å². The van der Waals surface area contributed by atoms with Crippen LogP contribution in [0.4, 0.5) is 11.4 Å². The number of aromatic nitrogens is 1. The summed E-state index contributed by atoms with van der Waals surface area (Å²) in [5.74, 6) is 0. The lowest BCUT2D eigenvalue weighted by Gasteiger charge is -2.15. The Morgan fingerprint density at radius 1 is 1.33 bits per heavy atom. The summed E-state index contributed by atoms with van der Waals surface area (Å²) in [6.45, 7) is 3.91. The van der Waals surface area contributed by atoms with E-state index in [0.717, 1.165) is 29.7 Å². The first-order valence-corrected chi connectivity index (χ1v) is 6.11. The van der Waals surface area contributed by atoms with Gasteiger partial charge in [0.2, 0.25) is 0 Å². The number of pyridine rings is 1. The molecule has 0 aliphatic heterocycles. The van der Waals surface area contributed by atoms with Gasteiger partial charge < -0.3 is 16.0 Å². The second-order valence-electron chi connectivity index (χ2n) is 4.84. The molecule has 0 fully saturated rings. The maximum atomic E-state index is 6.01. The lowest BCUT2D eigenvalue weighted by Crippen LogP contribution is -2.21. The number of anilines is 2. The molecule has 0 aliphatic rings. The molecule has 3 N–H and O–H groups in total. The molecule has 0 spiro atoms. The quantitative estimate of drug-likeness (QED) is 0.865. The average Bonchev–Trinajstić information content (AvgIpc) is 2.31. The summed E-state index contributed by atoms with van der Waals surface area (Å²) in [4.78, 5) is 6.49. The second kappa shape index (κ2) is 5.23. The van der Waals surface area contributed by atoms with Crippen molar-refractivity contribution in [2.24, 2.45) is 0 Å². The van der Waals surface area contributed by atoms with Crippen LogP contribution in [0.2, 0.25) is 0 Å². The Labute approximate surface area is 108 Å². The first-order chi connectivity index (χ1) is 8.58. The molecular formula is C14H20N4.